The molecule has 2 aromatic rings. The van der Waals surface area contributed by atoms with Crippen LogP contribution in [0.3, 0.4) is 0 Å². The molecule has 2 amide bonds. The second-order valence-electron chi connectivity index (χ2n) is 7.46. The second kappa shape index (κ2) is 9.35. The van der Waals surface area contributed by atoms with Crippen LogP contribution in [0.2, 0.25) is 0 Å². The molecule has 11 nitrogen and oxygen atoms in total. The Morgan fingerprint density at radius 2 is 1.88 bits per heavy atom. The number of carbonyl (C=O) groups is 2. The number of halogens is 1. The lowest BCUT2D eigenvalue weighted by Crippen LogP contribution is -2.48. The van der Waals surface area contributed by atoms with Gasteiger partial charge >= 0.3 is 6.02 Å². The Hall–Kier alpha value is -4.19. The summed E-state index contributed by atoms with van der Waals surface area (Å²) >= 11 is 3.36. The summed E-state index contributed by atoms with van der Waals surface area (Å²) in [5.74, 6) is 0.381. The van der Waals surface area contributed by atoms with E-state index in [0.29, 0.717) is 32.9 Å². The van der Waals surface area contributed by atoms with Crippen molar-refractivity contribution in [3.8, 4) is 11.5 Å². The normalized spacial score (nSPS) is 14.7. The van der Waals surface area contributed by atoms with Gasteiger partial charge in [-0.1, -0.05) is 22.0 Å². The molecule has 2 aromatic carbocycles. The summed E-state index contributed by atoms with van der Waals surface area (Å²) in [6.45, 7) is -0.0788. The number of ether oxygens (including phenoxy) is 2. The second-order valence-corrected chi connectivity index (χ2v) is 8.37. The van der Waals surface area contributed by atoms with E-state index in [4.69, 9.17) is 20.6 Å². The highest BCUT2D eigenvalue weighted by Gasteiger charge is 2.29. The van der Waals surface area contributed by atoms with Crippen molar-refractivity contribution < 1.29 is 19.1 Å². The number of carbonyl (C=O) groups excluding carboxylic acids is 2. The number of benzene rings is 2. The first-order valence-corrected chi connectivity index (χ1v) is 10.8. The van der Waals surface area contributed by atoms with Gasteiger partial charge in [-0.25, -0.2) is 0 Å². The van der Waals surface area contributed by atoms with Gasteiger partial charge in [0, 0.05) is 29.7 Å². The Kier molecular flexibility index (Phi) is 6.32. The lowest BCUT2D eigenvalue weighted by molar-refractivity contribution is -0.119. The first-order valence-electron chi connectivity index (χ1n) is 9.96. The van der Waals surface area contributed by atoms with Crippen LogP contribution in [0.1, 0.15) is 15.9 Å². The highest BCUT2D eigenvalue weighted by atomic mass is 79.9. The van der Waals surface area contributed by atoms with Gasteiger partial charge in [0.2, 0.25) is 5.91 Å². The predicted molar refractivity (Wildman–Crippen MR) is 129 cm³/mol. The van der Waals surface area contributed by atoms with Crippen molar-refractivity contribution in [2.24, 2.45) is 15.7 Å². The van der Waals surface area contributed by atoms with Gasteiger partial charge in [-0.05, 0) is 36.4 Å². The molecule has 5 N–H and O–H groups in total. The number of fused-ring (bicyclic) bond motifs is 1. The summed E-state index contributed by atoms with van der Waals surface area (Å²) in [5, 5.41) is 13.3. The van der Waals surface area contributed by atoms with Crippen LogP contribution in [0, 0.1) is 5.41 Å². The highest BCUT2D eigenvalue weighted by Crippen LogP contribution is 2.26. The maximum Gasteiger partial charge on any atom is 0.304 e. The summed E-state index contributed by atoms with van der Waals surface area (Å²) in [5.41, 5.74) is 6.73. The van der Waals surface area contributed by atoms with E-state index in [1.807, 2.05) is 0 Å². The smallest absolute Gasteiger partial charge is 0.304 e. The molecule has 4 rings (SSSR count). The highest BCUT2D eigenvalue weighted by molar-refractivity contribution is 9.10. The van der Waals surface area contributed by atoms with Gasteiger partial charge in [-0.15, -0.1) is 0 Å². The number of nitrogens with two attached hydrogens (primary N) is 1. The van der Waals surface area contributed by atoms with Gasteiger partial charge in [-0.2, -0.15) is 4.99 Å². The molecule has 0 spiro atoms. The minimum absolute atomic E-state index is 0.0219. The number of aliphatic imine (C=N–C) groups is 2. The standard InChI is InChI=1S/C22H20BrN7O4/c1-30(2)21(32)11-4-3-5-14(7-11)34-22-28-19-17(27-16(31)10-26-19)20(29-22)33-15-8-12(18(24)25)6-13(23)9-15/h3-9H,10H2,1-2H3,(H3,24,25)(H,27,31)(H,26,28,29). The average molecular weight is 526 g/mol. The summed E-state index contributed by atoms with van der Waals surface area (Å²) in [6.07, 6.45) is 0. The molecule has 0 saturated carbocycles. The molecule has 0 fully saturated rings. The van der Waals surface area contributed by atoms with Crippen LogP contribution in [-0.4, -0.2) is 55.0 Å². The Morgan fingerprint density at radius 1 is 1.12 bits per heavy atom. The van der Waals surface area contributed by atoms with Crippen molar-refractivity contribution in [3.63, 3.8) is 0 Å². The number of nitrogen functional groups attached to an aromatic ring is 1. The van der Waals surface area contributed by atoms with Crippen LogP contribution in [0.4, 0.5) is 0 Å². The Morgan fingerprint density at radius 3 is 2.62 bits per heavy atom. The number of nitrogens with zero attached hydrogens (tertiary/aromatic N) is 3. The summed E-state index contributed by atoms with van der Waals surface area (Å²) in [7, 11) is 3.32. The fourth-order valence-electron chi connectivity index (χ4n) is 3.08. The molecule has 0 aliphatic carbocycles. The van der Waals surface area contributed by atoms with E-state index >= 15 is 0 Å². The minimum Gasteiger partial charge on any atom is -0.437 e. The zero-order valence-electron chi connectivity index (χ0n) is 18.2. The van der Waals surface area contributed by atoms with Crippen molar-refractivity contribution in [2.75, 3.05) is 20.6 Å². The summed E-state index contributed by atoms with van der Waals surface area (Å²) in [6, 6.07) is 11.6. The van der Waals surface area contributed by atoms with E-state index in [1.165, 1.54) is 4.90 Å². The predicted octanol–water partition coefficient (Wildman–Crippen LogP) is 1.55. The third kappa shape index (κ3) is 5.07. The van der Waals surface area contributed by atoms with E-state index in [2.05, 4.69) is 36.5 Å². The summed E-state index contributed by atoms with van der Waals surface area (Å²) < 4.78 is 12.4. The van der Waals surface area contributed by atoms with Gasteiger partial charge in [0.25, 0.3) is 11.8 Å². The van der Waals surface area contributed by atoms with E-state index in [0.717, 1.165) is 0 Å². The van der Waals surface area contributed by atoms with Crippen LogP contribution in [0.5, 0.6) is 11.5 Å². The zero-order valence-corrected chi connectivity index (χ0v) is 19.8. The van der Waals surface area contributed by atoms with Gasteiger partial charge in [0.05, 0.1) is 0 Å². The largest absolute Gasteiger partial charge is 0.437 e. The van der Waals surface area contributed by atoms with Crippen molar-refractivity contribution in [2.45, 2.75) is 0 Å². The number of hydrogen-bond donors (Lipinski definition) is 4. The number of amidine groups is 3. The molecule has 34 heavy (non-hydrogen) atoms. The molecule has 2 aliphatic heterocycles. The molecule has 2 heterocycles. The Bertz CT molecular complexity index is 1300. The van der Waals surface area contributed by atoms with Gasteiger partial charge in [-0.3, -0.25) is 25.3 Å². The van der Waals surface area contributed by atoms with E-state index in [9.17, 15) is 9.59 Å². The molecule has 0 saturated heterocycles. The number of amides is 2. The SMILES string of the molecule is CN(C)C(=O)c1cccc(OC2=NC(Oc3cc(Br)cc(C(=N)N)c3)=C3NC(=O)CN=C3N2)c1. The molecular weight excluding hydrogens is 506 g/mol. The molecule has 0 unspecified atom stereocenters. The van der Waals surface area contributed by atoms with Gasteiger partial charge in [0.1, 0.15) is 29.6 Å². The Labute approximate surface area is 203 Å². The van der Waals surface area contributed by atoms with Crippen molar-refractivity contribution in [1.29, 1.82) is 5.41 Å². The maximum absolute atomic E-state index is 12.3. The van der Waals surface area contributed by atoms with Crippen LogP contribution in [0.15, 0.2) is 68.5 Å². The molecule has 2 aliphatic rings. The minimum atomic E-state index is -0.324. The van der Waals surface area contributed by atoms with Gasteiger partial charge < -0.3 is 25.4 Å². The van der Waals surface area contributed by atoms with E-state index in [-0.39, 0.29) is 41.8 Å². The first kappa shape index (κ1) is 23.0. The molecule has 12 heteroatoms. The van der Waals surface area contributed by atoms with Crippen LogP contribution < -0.4 is 25.8 Å². The number of nitrogens with one attached hydrogen (secondary N) is 3. The fourth-order valence-corrected chi connectivity index (χ4v) is 3.55. The van der Waals surface area contributed by atoms with Crippen molar-refractivity contribution in [1.82, 2.24) is 15.5 Å². The van der Waals surface area contributed by atoms with Crippen LogP contribution in [-0.2, 0) is 4.79 Å². The van der Waals surface area contributed by atoms with E-state index in [1.54, 1.807) is 56.6 Å². The number of hydrogen-bond acceptors (Lipinski definition) is 8. The molecule has 0 radical (unpaired) electrons. The Balaban J connectivity index is 1.68. The third-order valence-corrected chi connectivity index (χ3v) is 5.08. The molecule has 0 bridgehead atoms. The zero-order chi connectivity index (χ0) is 24.4. The number of rotatable bonds is 5. The lowest BCUT2D eigenvalue weighted by Gasteiger charge is -2.25. The molecule has 174 valence electrons. The van der Waals surface area contributed by atoms with E-state index < -0.39 is 0 Å². The first-order chi connectivity index (χ1) is 16.2. The molecular formula is C22H20BrN7O4. The average Bonchev–Trinajstić information content (AvgIpc) is 2.78. The fraction of sp³-hybridized carbons (Fsp3) is 0.136. The van der Waals surface area contributed by atoms with Gasteiger partial charge in [0.15, 0.2) is 5.84 Å². The third-order valence-electron chi connectivity index (χ3n) is 4.62. The van der Waals surface area contributed by atoms with Crippen molar-refractivity contribution >= 4 is 45.4 Å². The maximum atomic E-state index is 12.3. The summed E-state index contributed by atoms with van der Waals surface area (Å²) in [4.78, 5) is 34.2. The molecule has 0 aromatic heterocycles. The van der Waals surface area contributed by atoms with Crippen LogP contribution >= 0.6 is 15.9 Å². The van der Waals surface area contributed by atoms with Crippen molar-refractivity contribution in [3.05, 3.63) is 69.6 Å². The monoisotopic (exact) mass is 525 g/mol. The quantitative estimate of drug-likeness (QED) is 0.343. The molecule has 0 atom stereocenters. The van der Waals surface area contributed by atoms with Crippen LogP contribution in [0.25, 0.3) is 0 Å². The lowest BCUT2D eigenvalue weighted by atomic mass is 10.2. The topological polar surface area (TPSA) is 154 Å².